The summed E-state index contributed by atoms with van der Waals surface area (Å²) < 4.78 is 11.5. The van der Waals surface area contributed by atoms with Gasteiger partial charge < -0.3 is 9.47 Å². The molecule has 0 atom stereocenters. The van der Waals surface area contributed by atoms with Crippen LogP contribution in [0.1, 0.15) is 20.7 Å². The molecule has 0 radical (unpaired) electrons. The fourth-order valence-electron chi connectivity index (χ4n) is 2.91. The Balaban J connectivity index is 1.88. The molecule has 3 aromatic rings. The van der Waals surface area contributed by atoms with E-state index < -0.39 is 23.1 Å². The Labute approximate surface area is 212 Å². The fraction of sp³-hybridized carbons (Fsp3) is 0. The molecule has 32 heavy (non-hydrogen) atoms. The predicted molar refractivity (Wildman–Crippen MR) is 126 cm³/mol. The maximum Gasteiger partial charge on any atom is 0.233 e. The summed E-state index contributed by atoms with van der Waals surface area (Å²) in [5.41, 5.74) is 0.271. The van der Waals surface area contributed by atoms with Gasteiger partial charge in [0.2, 0.25) is 23.1 Å². The number of halogens is 6. The van der Waals surface area contributed by atoms with Crippen molar-refractivity contribution in [3.8, 4) is 11.5 Å². The van der Waals surface area contributed by atoms with E-state index in [-0.39, 0.29) is 52.8 Å². The van der Waals surface area contributed by atoms with Crippen LogP contribution in [-0.4, -0.2) is 11.6 Å². The van der Waals surface area contributed by atoms with E-state index in [9.17, 15) is 9.59 Å². The number of Topliss-reactive ketones (excluding diaryl/α,β-unsaturated/α-hetero) is 2. The van der Waals surface area contributed by atoms with Crippen molar-refractivity contribution in [2.75, 3.05) is 0 Å². The van der Waals surface area contributed by atoms with Crippen molar-refractivity contribution in [1.82, 2.24) is 0 Å². The summed E-state index contributed by atoms with van der Waals surface area (Å²) >= 11 is 36.5. The lowest BCUT2D eigenvalue weighted by Crippen LogP contribution is -2.27. The van der Waals surface area contributed by atoms with Gasteiger partial charge in [0.05, 0.1) is 20.1 Å². The molecule has 0 aromatic heterocycles. The Bertz CT molecular complexity index is 1230. The summed E-state index contributed by atoms with van der Waals surface area (Å²) in [4.78, 5) is 26.5. The van der Waals surface area contributed by atoms with Crippen LogP contribution in [-0.2, 0) is 0 Å². The number of fused-ring (bicyclic) bond motifs is 1. The molecule has 4 rings (SSSR count). The van der Waals surface area contributed by atoms with E-state index in [0.717, 1.165) is 0 Å². The second-order valence-electron chi connectivity index (χ2n) is 6.41. The number of rotatable bonds is 4. The second kappa shape index (κ2) is 9.14. The van der Waals surface area contributed by atoms with Gasteiger partial charge in [0.1, 0.15) is 21.5 Å². The standard InChI is InChI=1S/C22H8Cl6O4/c23-11-5-7-13(17(27)15(11)25)31-21-19(29)9-3-1-2-4-10(9)20(30)22(21)32-14-8-6-12(24)16(26)18(14)28/h1-8H. The second-order valence-corrected chi connectivity index (χ2v) is 8.74. The van der Waals surface area contributed by atoms with Crippen molar-refractivity contribution in [3.05, 3.63) is 101 Å². The van der Waals surface area contributed by atoms with Gasteiger partial charge in [0.25, 0.3) is 0 Å². The smallest absolute Gasteiger partial charge is 0.233 e. The van der Waals surface area contributed by atoms with Crippen LogP contribution in [0.2, 0.25) is 30.1 Å². The molecule has 162 valence electrons. The Hall–Kier alpha value is -1.92. The molecule has 0 fully saturated rings. The first kappa shape index (κ1) is 23.2. The van der Waals surface area contributed by atoms with E-state index in [1.54, 1.807) is 12.1 Å². The zero-order valence-corrected chi connectivity index (χ0v) is 20.1. The molecule has 3 aromatic carbocycles. The molecule has 0 bridgehead atoms. The SMILES string of the molecule is O=C1C(Oc2ccc(Cl)c(Cl)c2Cl)=C(Oc2ccc(Cl)c(Cl)c2Cl)C(=O)c2ccccc21. The fourth-order valence-corrected chi connectivity index (χ4v) is 4.04. The van der Waals surface area contributed by atoms with Gasteiger partial charge in [-0.1, -0.05) is 93.9 Å². The number of benzene rings is 3. The molecule has 0 saturated heterocycles. The van der Waals surface area contributed by atoms with E-state index in [1.807, 2.05) is 0 Å². The Morgan fingerprint density at radius 3 is 1.25 bits per heavy atom. The predicted octanol–water partition coefficient (Wildman–Crippen LogP) is 8.36. The average Bonchev–Trinajstić information content (AvgIpc) is 2.79. The number of carbonyl (C=O) groups is 2. The minimum absolute atomic E-state index is 0.00191. The van der Waals surface area contributed by atoms with Crippen LogP contribution in [0, 0.1) is 0 Å². The van der Waals surface area contributed by atoms with Gasteiger partial charge >= 0.3 is 0 Å². The van der Waals surface area contributed by atoms with Crippen molar-refractivity contribution in [1.29, 1.82) is 0 Å². The molecule has 0 aliphatic heterocycles. The third-order valence-electron chi connectivity index (χ3n) is 4.46. The molecule has 0 saturated carbocycles. The first-order chi connectivity index (χ1) is 15.2. The van der Waals surface area contributed by atoms with Gasteiger partial charge in [-0.05, 0) is 24.3 Å². The van der Waals surface area contributed by atoms with Gasteiger partial charge in [-0.15, -0.1) is 0 Å². The summed E-state index contributed by atoms with van der Waals surface area (Å²) in [5, 5.41) is 0.338. The largest absolute Gasteiger partial charge is 0.447 e. The summed E-state index contributed by atoms with van der Waals surface area (Å²) in [5.74, 6) is -2.02. The molecule has 4 nitrogen and oxygen atoms in total. The number of ether oxygens (including phenoxy) is 2. The summed E-state index contributed by atoms with van der Waals surface area (Å²) in [6, 6.07) is 11.9. The summed E-state index contributed by atoms with van der Waals surface area (Å²) in [6.07, 6.45) is 0. The van der Waals surface area contributed by atoms with E-state index in [2.05, 4.69) is 0 Å². The molecular weight excluding hydrogens is 541 g/mol. The highest BCUT2D eigenvalue weighted by Crippen LogP contribution is 2.41. The highest BCUT2D eigenvalue weighted by atomic mass is 35.5. The third-order valence-corrected chi connectivity index (χ3v) is 7.01. The van der Waals surface area contributed by atoms with Crippen LogP contribution >= 0.6 is 69.6 Å². The summed E-state index contributed by atoms with van der Waals surface area (Å²) in [7, 11) is 0. The van der Waals surface area contributed by atoms with Crippen molar-refractivity contribution < 1.29 is 19.1 Å². The van der Waals surface area contributed by atoms with Crippen LogP contribution in [0.5, 0.6) is 11.5 Å². The number of hydrogen-bond acceptors (Lipinski definition) is 4. The first-order valence-corrected chi connectivity index (χ1v) is 11.0. The topological polar surface area (TPSA) is 52.6 Å². The van der Waals surface area contributed by atoms with Gasteiger partial charge in [-0.3, -0.25) is 9.59 Å². The van der Waals surface area contributed by atoms with Crippen LogP contribution in [0.3, 0.4) is 0 Å². The maximum absolute atomic E-state index is 13.2. The molecule has 1 aliphatic rings. The molecule has 0 amide bonds. The van der Waals surface area contributed by atoms with E-state index in [1.165, 1.54) is 36.4 Å². The normalized spacial score (nSPS) is 13.3. The van der Waals surface area contributed by atoms with Crippen LogP contribution < -0.4 is 9.47 Å². The molecule has 0 heterocycles. The van der Waals surface area contributed by atoms with Crippen molar-refractivity contribution in [2.45, 2.75) is 0 Å². The van der Waals surface area contributed by atoms with E-state index >= 15 is 0 Å². The van der Waals surface area contributed by atoms with Crippen molar-refractivity contribution in [2.24, 2.45) is 0 Å². The minimum Gasteiger partial charge on any atom is -0.447 e. The Kier molecular flexibility index (Phi) is 6.64. The van der Waals surface area contributed by atoms with Gasteiger partial charge in [-0.25, -0.2) is 0 Å². The number of hydrogen-bond donors (Lipinski definition) is 0. The number of ketones is 2. The molecule has 0 unspecified atom stereocenters. The van der Waals surface area contributed by atoms with Crippen LogP contribution in [0.15, 0.2) is 60.0 Å². The monoisotopic (exact) mass is 546 g/mol. The lowest BCUT2D eigenvalue weighted by Gasteiger charge is -2.22. The van der Waals surface area contributed by atoms with E-state index in [0.29, 0.717) is 0 Å². The number of carbonyl (C=O) groups excluding carboxylic acids is 2. The van der Waals surface area contributed by atoms with Gasteiger partial charge in [-0.2, -0.15) is 0 Å². The zero-order chi connectivity index (χ0) is 23.2. The third kappa shape index (κ3) is 4.08. The Morgan fingerprint density at radius 1 is 0.500 bits per heavy atom. The van der Waals surface area contributed by atoms with Crippen molar-refractivity contribution in [3.63, 3.8) is 0 Å². The Morgan fingerprint density at radius 2 is 0.875 bits per heavy atom. The quantitative estimate of drug-likeness (QED) is 0.307. The first-order valence-electron chi connectivity index (χ1n) is 8.76. The van der Waals surface area contributed by atoms with Crippen LogP contribution in [0.4, 0.5) is 0 Å². The molecule has 0 N–H and O–H groups in total. The lowest BCUT2D eigenvalue weighted by molar-refractivity contribution is 0.0897. The number of allylic oxidation sites excluding steroid dienone is 2. The maximum atomic E-state index is 13.2. The lowest BCUT2D eigenvalue weighted by atomic mass is 9.92. The van der Waals surface area contributed by atoms with E-state index in [4.69, 9.17) is 79.1 Å². The zero-order valence-electron chi connectivity index (χ0n) is 15.5. The molecule has 1 aliphatic carbocycles. The van der Waals surface area contributed by atoms with Crippen molar-refractivity contribution >= 4 is 81.2 Å². The van der Waals surface area contributed by atoms with Gasteiger partial charge in [0, 0.05) is 11.1 Å². The van der Waals surface area contributed by atoms with Crippen LogP contribution in [0.25, 0.3) is 0 Å². The average molecular weight is 549 g/mol. The highest BCUT2D eigenvalue weighted by Gasteiger charge is 2.37. The molecule has 10 heteroatoms. The minimum atomic E-state index is -0.603. The molecule has 0 spiro atoms. The highest BCUT2D eigenvalue weighted by molar-refractivity contribution is 6.49. The molecular formula is C22H8Cl6O4. The van der Waals surface area contributed by atoms with Gasteiger partial charge in [0.15, 0.2) is 0 Å². The summed E-state index contributed by atoms with van der Waals surface area (Å²) in [6.45, 7) is 0.